The maximum absolute atomic E-state index is 13.1. The smallest absolute Gasteiger partial charge is 0.462 e. The highest BCUT2D eigenvalue weighted by molar-refractivity contribution is 7.47. The van der Waals surface area contributed by atoms with Crippen LogP contribution in [0.25, 0.3) is 0 Å². The van der Waals surface area contributed by atoms with Gasteiger partial charge in [0.1, 0.15) is 19.3 Å². The van der Waals surface area contributed by atoms with Crippen molar-refractivity contribution in [2.75, 3.05) is 39.6 Å². The van der Waals surface area contributed by atoms with Crippen molar-refractivity contribution < 1.29 is 80.2 Å². The summed E-state index contributed by atoms with van der Waals surface area (Å²) in [7, 11) is -9.91. The van der Waals surface area contributed by atoms with E-state index in [1.165, 1.54) is 173 Å². The summed E-state index contributed by atoms with van der Waals surface area (Å²) in [5.74, 6) is 0.920. The fourth-order valence-corrected chi connectivity index (χ4v) is 12.9. The van der Waals surface area contributed by atoms with E-state index in [9.17, 15) is 43.2 Å². The zero-order valence-corrected chi connectivity index (χ0v) is 63.4. The van der Waals surface area contributed by atoms with E-state index in [0.29, 0.717) is 31.6 Å². The molecule has 94 heavy (non-hydrogen) atoms. The van der Waals surface area contributed by atoms with Crippen molar-refractivity contribution >= 4 is 39.5 Å². The molecule has 0 heterocycles. The molecule has 0 aromatic carbocycles. The Bertz CT molecular complexity index is 1850. The van der Waals surface area contributed by atoms with Crippen LogP contribution < -0.4 is 0 Å². The van der Waals surface area contributed by atoms with Crippen LogP contribution in [0.3, 0.4) is 0 Å². The number of phosphoric acid groups is 2. The van der Waals surface area contributed by atoms with E-state index >= 15 is 0 Å². The minimum absolute atomic E-state index is 0.105. The third kappa shape index (κ3) is 67.3. The first-order valence-corrected chi connectivity index (χ1v) is 41.7. The SMILES string of the molecule is CCC(C)CCCCCCCCCCCCC(=O)O[C@H](COC(=O)CCCCCCCCCCC(C)C)COP(=O)(O)OCC(O)COP(=O)(O)OC[C@@H](COC(=O)CCCCCCCCCC(C)C)OC(=O)CCCCCCCCCCCCCCCCCCC(C)C. The summed E-state index contributed by atoms with van der Waals surface area (Å²) in [6.07, 6.45) is 48.6. The van der Waals surface area contributed by atoms with Gasteiger partial charge in [0.05, 0.1) is 26.4 Å². The second kappa shape index (κ2) is 64.4. The quantitative estimate of drug-likeness (QED) is 0.0222. The van der Waals surface area contributed by atoms with Gasteiger partial charge >= 0.3 is 39.5 Å². The highest BCUT2D eigenvalue weighted by Gasteiger charge is 2.30. The molecule has 0 saturated heterocycles. The van der Waals surface area contributed by atoms with Gasteiger partial charge in [0.25, 0.3) is 0 Å². The molecule has 0 aromatic rings. The number of phosphoric ester groups is 2. The Morgan fingerprint density at radius 2 is 0.511 bits per heavy atom. The molecule has 0 rings (SSSR count). The molecule has 0 saturated carbocycles. The van der Waals surface area contributed by atoms with Gasteiger partial charge < -0.3 is 33.8 Å². The zero-order chi connectivity index (χ0) is 69.6. The molecule has 0 aliphatic carbocycles. The first kappa shape index (κ1) is 92.1. The molecule has 0 amide bonds. The fourth-order valence-electron chi connectivity index (χ4n) is 11.3. The lowest BCUT2D eigenvalue weighted by Crippen LogP contribution is -2.30. The maximum atomic E-state index is 13.1. The van der Waals surface area contributed by atoms with E-state index in [1.54, 1.807) is 0 Å². The second-order valence-electron chi connectivity index (χ2n) is 28.7. The van der Waals surface area contributed by atoms with Gasteiger partial charge in [-0.3, -0.25) is 37.3 Å². The first-order valence-electron chi connectivity index (χ1n) is 38.7. The highest BCUT2D eigenvalue weighted by Crippen LogP contribution is 2.45. The van der Waals surface area contributed by atoms with Crippen LogP contribution in [0.4, 0.5) is 0 Å². The number of aliphatic hydroxyl groups is 1. The second-order valence-corrected chi connectivity index (χ2v) is 31.6. The van der Waals surface area contributed by atoms with Crippen molar-refractivity contribution in [3.8, 4) is 0 Å². The van der Waals surface area contributed by atoms with Crippen LogP contribution in [0.2, 0.25) is 0 Å². The summed E-state index contributed by atoms with van der Waals surface area (Å²) in [5, 5.41) is 10.6. The number of rotatable bonds is 72. The lowest BCUT2D eigenvalue weighted by Gasteiger charge is -2.21. The number of unbranched alkanes of at least 4 members (excludes halogenated alkanes) is 37. The molecule has 0 aromatic heterocycles. The van der Waals surface area contributed by atoms with Crippen molar-refractivity contribution in [3.63, 3.8) is 0 Å². The zero-order valence-electron chi connectivity index (χ0n) is 61.6. The molecule has 6 atom stereocenters. The average Bonchev–Trinajstić information content (AvgIpc) is 1.25. The molecule has 0 radical (unpaired) electrons. The normalized spacial score (nSPS) is 14.4. The van der Waals surface area contributed by atoms with Crippen LogP contribution in [0.5, 0.6) is 0 Å². The molecular weight excluding hydrogens is 1230 g/mol. The number of esters is 4. The van der Waals surface area contributed by atoms with Crippen LogP contribution in [-0.2, 0) is 65.4 Å². The number of carbonyl (C=O) groups is 4. The van der Waals surface area contributed by atoms with Crippen LogP contribution in [0.15, 0.2) is 0 Å². The average molecular weight is 1380 g/mol. The predicted octanol–water partition coefficient (Wildman–Crippen LogP) is 21.7. The van der Waals surface area contributed by atoms with Crippen molar-refractivity contribution in [3.05, 3.63) is 0 Å². The summed E-state index contributed by atoms with van der Waals surface area (Å²) in [6, 6.07) is 0. The third-order valence-electron chi connectivity index (χ3n) is 17.7. The van der Waals surface area contributed by atoms with Gasteiger partial charge in [-0.2, -0.15) is 0 Å². The van der Waals surface area contributed by atoms with Gasteiger partial charge in [-0.05, 0) is 49.4 Å². The number of hydrogen-bond donors (Lipinski definition) is 3. The molecule has 558 valence electrons. The van der Waals surface area contributed by atoms with Gasteiger partial charge in [0.2, 0.25) is 0 Å². The summed E-state index contributed by atoms with van der Waals surface area (Å²) >= 11 is 0. The Balaban J connectivity index is 5.22. The molecule has 0 bridgehead atoms. The largest absolute Gasteiger partial charge is 0.472 e. The topological polar surface area (TPSA) is 237 Å². The third-order valence-corrected chi connectivity index (χ3v) is 19.6. The highest BCUT2D eigenvalue weighted by atomic mass is 31.2. The van der Waals surface area contributed by atoms with E-state index in [4.69, 9.17) is 37.0 Å². The predicted molar refractivity (Wildman–Crippen MR) is 381 cm³/mol. The van der Waals surface area contributed by atoms with Crippen molar-refractivity contribution in [2.24, 2.45) is 23.7 Å². The van der Waals surface area contributed by atoms with Crippen LogP contribution in [0.1, 0.15) is 376 Å². The molecule has 0 aliphatic rings. The fraction of sp³-hybridized carbons (Fsp3) is 0.947. The van der Waals surface area contributed by atoms with Gasteiger partial charge in [0.15, 0.2) is 12.2 Å². The van der Waals surface area contributed by atoms with Gasteiger partial charge in [-0.1, -0.05) is 325 Å². The number of aliphatic hydroxyl groups excluding tert-OH is 1. The Kier molecular flexibility index (Phi) is 63.1. The molecule has 19 heteroatoms. The van der Waals surface area contributed by atoms with Gasteiger partial charge in [-0.25, -0.2) is 9.13 Å². The molecule has 17 nitrogen and oxygen atoms in total. The minimum atomic E-state index is -4.96. The first-order chi connectivity index (χ1) is 45.1. The standard InChI is InChI=1S/C75H146O17P2/c1-9-68(8)54-46-38-30-21-18-19-23-33-42-50-58-75(80)91-70(61-85-72(77)55-47-39-31-25-24-28-36-44-52-66(4)5)63-89-93(81,82)87-59-69(76)60-88-94(83,84)90-64-71(62-86-73(78)56-48-40-34-26-29-37-45-53-67(6)7)92-74(79)57-49-41-32-22-17-15-13-11-10-12-14-16-20-27-35-43-51-65(2)3/h65-71,76H,9-64H2,1-8H3,(H,81,82)(H,83,84)/t68?,69?,70-,71-/m1/s1. The van der Waals surface area contributed by atoms with Crippen molar-refractivity contribution in [2.45, 2.75) is 395 Å². The van der Waals surface area contributed by atoms with Crippen LogP contribution in [-0.4, -0.2) is 96.7 Å². The lowest BCUT2D eigenvalue weighted by atomic mass is 9.99. The summed E-state index contributed by atoms with van der Waals surface area (Å²) in [6.45, 7) is 14.2. The summed E-state index contributed by atoms with van der Waals surface area (Å²) in [4.78, 5) is 72.7. The molecule has 0 spiro atoms. The van der Waals surface area contributed by atoms with E-state index in [2.05, 4.69) is 55.4 Å². The Morgan fingerprint density at radius 1 is 0.298 bits per heavy atom. The molecule has 0 fully saturated rings. The Hall–Kier alpha value is -1.94. The summed E-state index contributed by atoms with van der Waals surface area (Å²) in [5.41, 5.74) is 0. The van der Waals surface area contributed by atoms with E-state index in [0.717, 1.165) is 114 Å². The van der Waals surface area contributed by atoms with Crippen LogP contribution >= 0.6 is 15.6 Å². The summed E-state index contributed by atoms with van der Waals surface area (Å²) < 4.78 is 68.5. The number of hydrogen-bond acceptors (Lipinski definition) is 15. The molecule has 0 aliphatic heterocycles. The Morgan fingerprint density at radius 3 is 0.755 bits per heavy atom. The number of carbonyl (C=O) groups excluding carboxylic acids is 4. The molecule has 3 N–H and O–H groups in total. The molecule has 4 unspecified atom stereocenters. The van der Waals surface area contributed by atoms with Gasteiger partial charge in [-0.15, -0.1) is 0 Å². The maximum Gasteiger partial charge on any atom is 0.472 e. The van der Waals surface area contributed by atoms with Gasteiger partial charge in [0, 0.05) is 25.7 Å². The van der Waals surface area contributed by atoms with Crippen LogP contribution in [0, 0.1) is 23.7 Å². The van der Waals surface area contributed by atoms with Crippen molar-refractivity contribution in [1.29, 1.82) is 0 Å². The lowest BCUT2D eigenvalue weighted by molar-refractivity contribution is -0.161. The number of ether oxygens (including phenoxy) is 4. The van der Waals surface area contributed by atoms with E-state index in [1.807, 2.05) is 0 Å². The van der Waals surface area contributed by atoms with Crippen molar-refractivity contribution in [1.82, 2.24) is 0 Å². The van der Waals surface area contributed by atoms with E-state index < -0.39 is 97.5 Å². The van der Waals surface area contributed by atoms with E-state index in [-0.39, 0.29) is 25.7 Å². The minimum Gasteiger partial charge on any atom is -0.462 e. The molecular formula is C75H146O17P2. The monoisotopic (exact) mass is 1380 g/mol. The Labute approximate surface area is 575 Å².